The molecule has 0 spiro atoms. The highest BCUT2D eigenvalue weighted by molar-refractivity contribution is 5.80. The first-order valence-electron chi connectivity index (χ1n) is 7.81. The standard InChI is InChI=1S/C17H24N2O7/c1-17(2,10-7-11(24-3)9-12(8-10)25-4)26-16(23)19-13(15(21)22)5-6-14(18)20/h7-9,13H,5-6H2,1-4H3,(H2,18,20)(H,19,23)(H,21,22)/p-1/t13-/m0/s1. The summed E-state index contributed by atoms with van der Waals surface area (Å²) in [7, 11) is 2.98. The number of alkyl carbamates (subject to hydrolysis) is 1. The van der Waals surface area contributed by atoms with Crippen LogP contribution in [0.15, 0.2) is 18.2 Å². The molecule has 0 fully saturated rings. The highest BCUT2D eigenvalue weighted by atomic mass is 16.6. The second-order valence-corrected chi connectivity index (χ2v) is 6.02. The van der Waals surface area contributed by atoms with Gasteiger partial charge in [0.2, 0.25) is 5.91 Å². The summed E-state index contributed by atoms with van der Waals surface area (Å²) in [6, 6.07) is 3.60. The number of methoxy groups -OCH3 is 2. The predicted octanol–water partition coefficient (Wildman–Crippen LogP) is 0.0491. The Morgan fingerprint density at radius 1 is 1.15 bits per heavy atom. The number of hydrogen-bond acceptors (Lipinski definition) is 7. The van der Waals surface area contributed by atoms with E-state index in [0.717, 1.165) is 0 Å². The van der Waals surface area contributed by atoms with E-state index < -0.39 is 29.6 Å². The molecular formula is C17H23N2O7-. The van der Waals surface area contributed by atoms with Gasteiger partial charge in [-0.1, -0.05) is 0 Å². The molecule has 144 valence electrons. The van der Waals surface area contributed by atoms with E-state index in [1.807, 2.05) is 0 Å². The van der Waals surface area contributed by atoms with Gasteiger partial charge in [-0.15, -0.1) is 0 Å². The second kappa shape index (κ2) is 8.93. The summed E-state index contributed by atoms with van der Waals surface area (Å²) in [6.07, 6.45) is -1.38. The van der Waals surface area contributed by atoms with Gasteiger partial charge >= 0.3 is 6.09 Å². The molecular weight excluding hydrogens is 344 g/mol. The minimum absolute atomic E-state index is 0.194. The van der Waals surface area contributed by atoms with Crippen LogP contribution < -0.4 is 25.6 Å². The lowest BCUT2D eigenvalue weighted by molar-refractivity contribution is -0.308. The van der Waals surface area contributed by atoms with Crippen molar-refractivity contribution in [3.05, 3.63) is 23.8 Å². The Morgan fingerprint density at radius 3 is 2.12 bits per heavy atom. The molecule has 1 atom stereocenters. The van der Waals surface area contributed by atoms with Crippen LogP contribution in [-0.2, 0) is 19.9 Å². The number of benzene rings is 1. The maximum absolute atomic E-state index is 12.1. The number of nitrogens with two attached hydrogens (primary N) is 1. The molecule has 0 saturated carbocycles. The third-order valence-corrected chi connectivity index (χ3v) is 3.65. The maximum atomic E-state index is 12.1. The fraction of sp³-hybridized carbons (Fsp3) is 0.471. The average Bonchev–Trinajstić information content (AvgIpc) is 2.57. The normalized spacial score (nSPS) is 12.0. The lowest BCUT2D eigenvalue weighted by Crippen LogP contribution is -2.49. The third kappa shape index (κ3) is 6.15. The molecule has 1 rings (SSSR count). The summed E-state index contributed by atoms with van der Waals surface area (Å²) in [5, 5.41) is 13.2. The molecule has 26 heavy (non-hydrogen) atoms. The number of carbonyl (C=O) groups is 3. The first kappa shape index (κ1) is 21.1. The van der Waals surface area contributed by atoms with E-state index in [-0.39, 0.29) is 12.8 Å². The largest absolute Gasteiger partial charge is 0.548 e. The molecule has 1 aromatic rings. The van der Waals surface area contributed by atoms with Crippen LogP contribution in [0, 0.1) is 0 Å². The summed E-state index contributed by atoms with van der Waals surface area (Å²) >= 11 is 0. The quantitative estimate of drug-likeness (QED) is 0.628. The SMILES string of the molecule is COc1cc(OC)cc(C(C)(C)OC(=O)N[C@@H](CCC(N)=O)C(=O)[O-])c1. The third-order valence-electron chi connectivity index (χ3n) is 3.65. The van der Waals surface area contributed by atoms with Gasteiger partial charge in [-0.2, -0.15) is 0 Å². The Labute approximate surface area is 151 Å². The lowest BCUT2D eigenvalue weighted by atomic mass is 9.97. The van der Waals surface area contributed by atoms with E-state index in [1.54, 1.807) is 32.0 Å². The molecule has 0 unspecified atom stereocenters. The van der Waals surface area contributed by atoms with Crippen LogP contribution in [0.25, 0.3) is 0 Å². The van der Waals surface area contributed by atoms with Crippen molar-refractivity contribution in [2.24, 2.45) is 5.73 Å². The van der Waals surface area contributed by atoms with Crippen molar-refractivity contribution in [3.63, 3.8) is 0 Å². The van der Waals surface area contributed by atoms with Crippen LogP contribution in [-0.4, -0.2) is 38.2 Å². The first-order chi connectivity index (χ1) is 12.1. The summed E-state index contributed by atoms with van der Waals surface area (Å²) in [5.41, 5.74) is 4.44. The van der Waals surface area contributed by atoms with Crippen molar-refractivity contribution in [1.29, 1.82) is 0 Å². The molecule has 3 N–H and O–H groups in total. The smallest absolute Gasteiger partial charge is 0.408 e. The maximum Gasteiger partial charge on any atom is 0.408 e. The van der Waals surface area contributed by atoms with Crippen LogP contribution >= 0.6 is 0 Å². The molecule has 0 saturated heterocycles. The molecule has 1 aromatic carbocycles. The highest BCUT2D eigenvalue weighted by Gasteiger charge is 2.28. The van der Waals surface area contributed by atoms with E-state index in [0.29, 0.717) is 17.1 Å². The number of nitrogens with one attached hydrogen (secondary N) is 1. The van der Waals surface area contributed by atoms with Gasteiger partial charge in [0.25, 0.3) is 0 Å². The van der Waals surface area contributed by atoms with Crippen molar-refractivity contribution in [2.75, 3.05) is 14.2 Å². The van der Waals surface area contributed by atoms with Crippen LogP contribution in [0.1, 0.15) is 32.3 Å². The van der Waals surface area contributed by atoms with Crippen LogP contribution in [0.2, 0.25) is 0 Å². The van der Waals surface area contributed by atoms with Crippen molar-refractivity contribution in [2.45, 2.75) is 38.3 Å². The molecule has 0 radical (unpaired) electrons. The molecule has 2 amide bonds. The van der Waals surface area contributed by atoms with Gasteiger partial charge < -0.3 is 35.2 Å². The molecule has 0 aliphatic rings. The molecule has 0 aliphatic heterocycles. The van der Waals surface area contributed by atoms with E-state index in [4.69, 9.17) is 19.9 Å². The summed E-state index contributed by atoms with van der Waals surface area (Å²) in [5.74, 6) is -1.21. The Hall–Kier alpha value is -2.97. The molecule has 9 nitrogen and oxygen atoms in total. The molecule has 0 bridgehead atoms. The Kier molecular flexibility index (Phi) is 7.24. The number of aliphatic carboxylic acids is 1. The zero-order valence-corrected chi connectivity index (χ0v) is 15.2. The topological polar surface area (TPSA) is 140 Å². The number of hydrogen-bond donors (Lipinski definition) is 2. The highest BCUT2D eigenvalue weighted by Crippen LogP contribution is 2.32. The van der Waals surface area contributed by atoms with Gasteiger partial charge in [0.05, 0.1) is 26.2 Å². The van der Waals surface area contributed by atoms with Gasteiger partial charge in [-0.25, -0.2) is 4.79 Å². The molecule has 0 aromatic heterocycles. The number of amides is 2. The zero-order chi connectivity index (χ0) is 19.9. The molecule has 9 heteroatoms. The van der Waals surface area contributed by atoms with Gasteiger partial charge in [0.1, 0.15) is 17.1 Å². The van der Waals surface area contributed by atoms with Gasteiger partial charge in [-0.05, 0) is 32.4 Å². The molecule has 0 heterocycles. The van der Waals surface area contributed by atoms with Crippen LogP contribution in [0.5, 0.6) is 11.5 Å². The van der Waals surface area contributed by atoms with Gasteiger partial charge in [0.15, 0.2) is 0 Å². The minimum atomic E-state index is -1.54. The summed E-state index contributed by atoms with van der Waals surface area (Å²) in [6.45, 7) is 3.25. The number of primary amides is 1. The predicted molar refractivity (Wildman–Crippen MR) is 89.4 cm³/mol. The average molecular weight is 367 g/mol. The number of carboxylic acid groups (broad SMARTS) is 1. The lowest BCUT2D eigenvalue weighted by Gasteiger charge is -2.28. The van der Waals surface area contributed by atoms with E-state index in [9.17, 15) is 19.5 Å². The van der Waals surface area contributed by atoms with Gasteiger partial charge in [-0.3, -0.25) is 4.79 Å². The van der Waals surface area contributed by atoms with Crippen molar-refractivity contribution < 1.29 is 33.7 Å². The fourth-order valence-electron chi connectivity index (χ4n) is 2.15. The van der Waals surface area contributed by atoms with Crippen LogP contribution in [0.3, 0.4) is 0 Å². The Balaban J connectivity index is 2.89. The fourth-order valence-corrected chi connectivity index (χ4v) is 2.15. The Morgan fingerprint density at radius 2 is 1.69 bits per heavy atom. The van der Waals surface area contributed by atoms with Crippen LogP contribution in [0.4, 0.5) is 4.79 Å². The number of ether oxygens (including phenoxy) is 3. The van der Waals surface area contributed by atoms with E-state index >= 15 is 0 Å². The van der Waals surface area contributed by atoms with Crippen molar-refractivity contribution in [1.82, 2.24) is 5.32 Å². The molecule has 0 aliphatic carbocycles. The van der Waals surface area contributed by atoms with Gasteiger partial charge in [0, 0.05) is 18.1 Å². The van der Waals surface area contributed by atoms with E-state index in [2.05, 4.69) is 5.32 Å². The van der Waals surface area contributed by atoms with Crippen molar-refractivity contribution in [3.8, 4) is 11.5 Å². The van der Waals surface area contributed by atoms with E-state index in [1.165, 1.54) is 14.2 Å². The number of carboxylic acids is 1. The van der Waals surface area contributed by atoms with Crippen molar-refractivity contribution >= 4 is 18.0 Å². The zero-order valence-electron chi connectivity index (χ0n) is 15.2. The summed E-state index contributed by atoms with van der Waals surface area (Å²) < 4.78 is 15.7. The first-order valence-corrected chi connectivity index (χ1v) is 7.81. The second-order valence-electron chi connectivity index (χ2n) is 6.02. The Bertz CT molecular complexity index is 651. The number of carbonyl (C=O) groups excluding carboxylic acids is 3. The monoisotopic (exact) mass is 367 g/mol. The summed E-state index contributed by atoms with van der Waals surface area (Å²) in [4.78, 5) is 34.0. The number of rotatable bonds is 9. The minimum Gasteiger partial charge on any atom is -0.548 e.